The maximum Gasteiger partial charge on any atom is 0.234 e. The fourth-order valence-corrected chi connectivity index (χ4v) is 4.12. The van der Waals surface area contributed by atoms with E-state index >= 15 is 0 Å². The first-order valence-electron chi connectivity index (χ1n) is 9.18. The number of ether oxygens (including phenoxy) is 1. The molecular weight excluding hydrogens is 422 g/mol. The van der Waals surface area contributed by atoms with E-state index in [1.807, 2.05) is 25.1 Å². The number of hydrogen-bond acceptors (Lipinski definition) is 5. The molecule has 3 rings (SSSR count). The van der Waals surface area contributed by atoms with Crippen LogP contribution in [0.4, 0.5) is 5.69 Å². The first-order chi connectivity index (χ1) is 14.4. The number of rotatable bonds is 6. The van der Waals surface area contributed by atoms with Crippen LogP contribution in [0.5, 0.6) is 5.75 Å². The van der Waals surface area contributed by atoms with Crippen LogP contribution in [-0.4, -0.2) is 24.7 Å². The molecule has 30 heavy (non-hydrogen) atoms. The van der Waals surface area contributed by atoms with Gasteiger partial charge in [0.25, 0.3) is 0 Å². The standard InChI is InChI=1S/C22H20ClN3O3S/c1-13-3-6-15(9-19(13)23)25-21(28)12-30-22-18(11-24)17(10-20(27)26-22)14-4-7-16(29-2)8-5-14/h3-9,17H,10,12H2,1-2H3,(H,25,28)(H,26,27)/t17-/m1/s1. The number of halogens is 1. The maximum atomic E-state index is 12.3. The highest BCUT2D eigenvalue weighted by atomic mass is 35.5. The predicted octanol–water partition coefficient (Wildman–Crippen LogP) is 4.37. The number of benzene rings is 2. The zero-order valence-electron chi connectivity index (χ0n) is 16.5. The van der Waals surface area contributed by atoms with E-state index in [2.05, 4.69) is 16.7 Å². The maximum absolute atomic E-state index is 12.3. The van der Waals surface area contributed by atoms with Crippen molar-refractivity contribution in [3.63, 3.8) is 0 Å². The van der Waals surface area contributed by atoms with Crippen LogP contribution in [-0.2, 0) is 9.59 Å². The topological polar surface area (TPSA) is 91.2 Å². The largest absolute Gasteiger partial charge is 0.497 e. The van der Waals surface area contributed by atoms with E-state index in [4.69, 9.17) is 16.3 Å². The second-order valence-electron chi connectivity index (χ2n) is 6.73. The molecule has 2 amide bonds. The first kappa shape index (κ1) is 21.8. The molecule has 0 fully saturated rings. The van der Waals surface area contributed by atoms with Crippen LogP contribution in [0.25, 0.3) is 0 Å². The first-order valence-corrected chi connectivity index (χ1v) is 10.5. The van der Waals surface area contributed by atoms with E-state index in [0.717, 1.165) is 22.9 Å². The lowest BCUT2D eigenvalue weighted by Crippen LogP contribution is -2.31. The third-order valence-electron chi connectivity index (χ3n) is 4.68. The molecule has 1 aliphatic rings. The van der Waals surface area contributed by atoms with Crippen LogP contribution in [0.3, 0.4) is 0 Å². The Labute approximate surface area is 184 Å². The van der Waals surface area contributed by atoms with Gasteiger partial charge in [-0.3, -0.25) is 9.59 Å². The predicted molar refractivity (Wildman–Crippen MR) is 118 cm³/mol. The van der Waals surface area contributed by atoms with Crippen molar-refractivity contribution in [2.75, 3.05) is 18.2 Å². The van der Waals surface area contributed by atoms with E-state index in [1.165, 1.54) is 0 Å². The lowest BCUT2D eigenvalue weighted by atomic mass is 9.87. The lowest BCUT2D eigenvalue weighted by Gasteiger charge is -2.25. The fraction of sp³-hybridized carbons (Fsp3) is 0.227. The Kier molecular flexibility index (Phi) is 7.03. The summed E-state index contributed by atoms with van der Waals surface area (Å²) in [7, 11) is 1.58. The molecule has 2 N–H and O–H groups in total. The van der Waals surface area contributed by atoms with Gasteiger partial charge in [0.15, 0.2) is 0 Å². The third kappa shape index (κ3) is 5.15. The number of nitriles is 1. The van der Waals surface area contributed by atoms with Crippen LogP contribution in [0.15, 0.2) is 53.1 Å². The van der Waals surface area contributed by atoms with Gasteiger partial charge in [-0.25, -0.2) is 0 Å². The number of carbonyl (C=O) groups is 2. The average Bonchev–Trinajstić information content (AvgIpc) is 2.74. The van der Waals surface area contributed by atoms with E-state index < -0.39 is 0 Å². The molecule has 0 saturated carbocycles. The lowest BCUT2D eigenvalue weighted by molar-refractivity contribution is -0.121. The number of nitrogens with one attached hydrogen (secondary N) is 2. The molecule has 1 atom stereocenters. The molecule has 1 aliphatic heterocycles. The van der Waals surface area contributed by atoms with Crippen molar-refractivity contribution in [2.24, 2.45) is 0 Å². The summed E-state index contributed by atoms with van der Waals surface area (Å²) in [6.07, 6.45) is 0.174. The van der Waals surface area contributed by atoms with Gasteiger partial charge in [-0.2, -0.15) is 5.26 Å². The van der Waals surface area contributed by atoms with Gasteiger partial charge >= 0.3 is 0 Å². The van der Waals surface area contributed by atoms with E-state index in [9.17, 15) is 14.9 Å². The second-order valence-corrected chi connectivity index (χ2v) is 8.13. The molecule has 2 aromatic carbocycles. The number of thioether (sulfide) groups is 1. The average molecular weight is 442 g/mol. The van der Waals surface area contributed by atoms with E-state index in [1.54, 1.807) is 31.4 Å². The molecule has 0 bridgehead atoms. The molecule has 154 valence electrons. The van der Waals surface area contributed by atoms with Gasteiger partial charge in [-0.05, 0) is 42.3 Å². The molecule has 1 heterocycles. The minimum absolute atomic E-state index is 0.0433. The summed E-state index contributed by atoms with van der Waals surface area (Å²) in [6, 6.07) is 14.8. The quantitative estimate of drug-likeness (QED) is 0.694. The van der Waals surface area contributed by atoms with Gasteiger partial charge in [-0.15, -0.1) is 0 Å². The van der Waals surface area contributed by atoms with Crippen LogP contribution < -0.4 is 15.4 Å². The zero-order valence-corrected chi connectivity index (χ0v) is 18.1. The number of anilines is 1. The van der Waals surface area contributed by atoms with Crippen LogP contribution >= 0.6 is 23.4 Å². The summed E-state index contributed by atoms with van der Waals surface area (Å²) in [5.41, 5.74) is 2.80. The summed E-state index contributed by atoms with van der Waals surface area (Å²) in [5.74, 6) is -0.0737. The molecule has 2 aromatic rings. The van der Waals surface area contributed by atoms with Crippen molar-refractivity contribution in [3.05, 3.63) is 69.2 Å². The minimum atomic E-state index is -0.365. The van der Waals surface area contributed by atoms with Gasteiger partial charge in [0.05, 0.1) is 29.5 Å². The van der Waals surface area contributed by atoms with Crippen molar-refractivity contribution in [1.82, 2.24) is 5.32 Å². The smallest absolute Gasteiger partial charge is 0.234 e. The van der Waals surface area contributed by atoms with Crippen LogP contribution in [0.2, 0.25) is 5.02 Å². The number of carbonyl (C=O) groups excluding carboxylic acids is 2. The van der Waals surface area contributed by atoms with Crippen molar-refractivity contribution >= 4 is 40.9 Å². The van der Waals surface area contributed by atoms with Crippen molar-refractivity contribution in [1.29, 1.82) is 5.26 Å². The molecular formula is C22H20ClN3O3S. The van der Waals surface area contributed by atoms with Gasteiger partial charge in [0.2, 0.25) is 11.8 Å². The summed E-state index contributed by atoms with van der Waals surface area (Å²) < 4.78 is 5.17. The normalized spacial score (nSPS) is 15.9. The Morgan fingerprint density at radius 3 is 2.70 bits per heavy atom. The molecule has 0 aromatic heterocycles. The van der Waals surface area contributed by atoms with Crippen molar-refractivity contribution < 1.29 is 14.3 Å². The Balaban J connectivity index is 1.74. The summed E-state index contributed by atoms with van der Waals surface area (Å²) >= 11 is 7.22. The molecule has 0 aliphatic carbocycles. The molecule has 8 heteroatoms. The number of amides is 2. The summed E-state index contributed by atoms with van der Waals surface area (Å²) in [6.45, 7) is 1.88. The summed E-state index contributed by atoms with van der Waals surface area (Å²) in [5, 5.41) is 16.2. The number of allylic oxidation sites excluding steroid dienone is 1. The van der Waals surface area contributed by atoms with Crippen molar-refractivity contribution in [2.45, 2.75) is 19.3 Å². The fourth-order valence-electron chi connectivity index (χ4n) is 3.06. The van der Waals surface area contributed by atoms with Gasteiger partial charge in [0, 0.05) is 23.0 Å². The Bertz CT molecular complexity index is 1040. The molecule has 0 radical (unpaired) electrons. The Morgan fingerprint density at radius 2 is 2.07 bits per heavy atom. The monoisotopic (exact) mass is 441 g/mol. The van der Waals surface area contributed by atoms with Gasteiger partial charge < -0.3 is 15.4 Å². The van der Waals surface area contributed by atoms with Gasteiger partial charge in [0.1, 0.15) is 5.75 Å². The number of nitrogens with zero attached hydrogens (tertiary/aromatic N) is 1. The van der Waals surface area contributed by atoms with Crippen molar-refractivity contribution in [3.8, 4) is 11.8 Å². The Hall–Kier alpha value is -2.95. The summed E-state index contributed by atoms with van der Waals surface area (Å²) in [4.78, 5) is 24.6. The second kappa shape index (κ2) is 9.70. The third-order valence-corrected chi connectivity index (χ3v) is 6.10. The molecule has 0 saturated heterocycles. The number of aryl methyl sites for hydroxylation is 1. The SMILES string of the molecule is COc1ccc([C@H]2CC(=O)NC(SCC(=O)Nc3ccc(C)c(Cl)c3)=C2C#N)cc1. The number of hydrogen-bond donors (Lipinski definition) is 2. The highest BCUT2D eigenvalue weighted by Crippen LogP contribution is 2.36. The van der Waals surface area contributed by atoms with E-state index in [-0.39, 0.29) is 29.9 Å². The van der Waals surface area contributed by atoms with Crippen LogP contribution in [0.1, 0.15) is 23.5 Å². The molecule has 6 nitrogen and oxygen atoms in total. The number of methoxy groups -OCH3 is 1. The highest BCUT2D eigenvalue weighted by Gasteiger charge is 2.29. The zero-order chi connectivity index (χ0) is 21.7. The minimum Gasteiger partial charge on any atom is -0.497 e. The molecule has 0 unspecified atom stereocenters. The highest BCUT2D eigenvalue weighted by molar-refractivity contribution is 8.03. The van der Waals surface area contributed by atoms with E-state index in [0.29, 0.717) is 27.1 Å². The Morgan fingerprint density at radius 1 is 1.33 bits per heavy atom. The van der Waals surface area contributed by atoms with Crippen LogP contribution in [0, 0.1) is 18.3 Å². The van der Waals surface area contributed by atoms with Gasteiger partial charge in [-0.1, -0.05) is 41.6 Å². The molecule has 0 spiro atoms.